The van der Waals surface area contributed by atoms with E-state index in [-0.39, 0.29) is 12.5 Å². The molecule has 0 heterocycles. The van der Waals surface area contributed by atoms with Gasteiger partial charge in [-0.15, -0.1) is 0 Å². The van der Waals surface area contributed by atoms with Gasteiger partial charge in [0.1, 0.15) is 0 Å². The van der Waals surface area contributed by atoms with Gasteiger partial charge in [-0.2, -0.15) is 0 Å². The van der Waals surface area contributed by atoms with Crippen molar-refractivity contribution in [1.29, 1.82) is 0 Å². The summed E-state index contributed by atoms with van der Waals surface area (Å²) < 4.78 is 0. The minimum absolute atomic E-state index is 0.239. The topological polar surface area (TPSA) is 99.9 Å². The molecule has 0 aliphatic heterocycles. The van der Waals surface area contributed by atoms with E-state index in [2.05, 4.69) is 11.1 Å². The molecular formula is C5H14N2O3+2. The molecule has 5 nitrogen and oxygen atoms in total. The van der Waals surface area contributed by atoms with Crippen LogP contribution >= 0.6 is 0 Å². The van der Waals surface area contributed by atoms with E-state index in [0.717, 1.165) is 0 Å². The van der Waals surface area contributed by atoms with Crippen LogP contribution in [0, 0.1) is 0 Å². The summed E-state index contributed by atoms with van der Waals surface area (Å²) in [5, 5.41) is 18.0. The summed E-state index contributed by atoms with van der Waals surface area (Å²) in [5.41, 5.74) is 3.35. The van der Waals surface area contributed by atoms with Gasteiger partial charge >= 0.3 is 6.23 Å². The molecule has 0 saturated heterocycles. The van der Waals surface area contributed by atoms with Crippen LogP contribution in [0.2, 0.25) is 0 Å². The quantitative estimate of drug-likeness (QED) is 0.291. The number of hydrogen-bond donors (Lipinski definition) is 3. The molecule has 0 rings (SSSR count). The Balaban J connectivity index is 3.71. The third-order valence-corrected chi connectivity index (χ3v) is 1.07. The highest BCUT2D eigenvalue weighted by atomic mass is 16.3. The SMILES string of the molecule is CC(=O)NC(CO)C([NH3+])[OH2+]. The Morgan fingerprint density at radius 2 is 2.40 bits per heavy atom. The van der Waals surface area contributed by atoms with Crippen molar-refractivity contribution < 1.29 is 20.7 Å². The minimum atomic E-state index is -0.714. The summed E-state index contributed by atoms with van der Waals surface area (Å²) in [6.45, 7) is 1.10. The van der Waals surface area contributed by atoms with Gasteiger partial charge in [0.05, 0.1) is 6.61 Å². The fraction of sp³-hybridized carbons (Fsp3) is 0.800. The lowest BCUT2D eigenvalue weighted by atomic mass is 10.3. The van der Waals surface area contributed by atoms with Crippen molar-refractivity contribution in [2.45, 2.75) is 19.2 Å². The zero-order chi connectivity index (χ0) is 8.15. The highest BCUT2D eigenvalue weighted by Crippen LogP contribution is 1.82. The predicted octanol–water partition coefficient (Wildman–Crippen LogP) is -3.22. The van der Waals surface area contributed by atoms with E-state index >= 15 is 0 Å². The largest absolute Gasteiger partial charge is 0.397 e. The predicted molar refractivity (Wildman–Crippen MR) is 35.0 cm³/mol. The van der Waals surface area contributed by atoms with E-state index in [1.54, 1.807) is 0 Å². The smallest absolute Gasteiger partial charge is 0.302 e. The molecule has 1 amide bonds. The van der Waals surface area contributed by atoms with Gasteiger partial charge in [0, 0.05) is 6.92 Å². The highest BCUT2D eigenvalue weighted by molar-refractivity contribution is 5.73. The molecular weight excluding hydrogens is 136 g/mol. The maximum Gasteiger partial charge on any atom is 0.302 e. The Kier molecular flexibility index (Phi) is 3.94. The van der Waals surface area contributed by atoms with E-state index in [0.29, 0.717) is 0 Å². The molecule has 7 N–H and O–H groups in total. The third-order valence-electron chi connectivity index (χ3n) is 1.07. The first-order valence-electron chi connectivity index (χ1n) is 3.00. The fourth-order valence-corrected chi connectivity index (χ4v) is 0.535. The number of quaternary nitrogens is 1. The molecule has 0 aromatic heterocycles. The molecule has 0 aliphatic rings. The average Bonchev–Trinajstić information content (AvgIpc) is 1.81. The molecule has 0 spiro atoms. The molecule has 0 fully saturated rings. The van der Waals surface area contributed by atoms with E-state index in [9.17, 15) is 4.79 Å². The van der Waals surface area contributed by atoms with E-state index < -0.39 is 12.3 Å². The molecule has 0 aromatic rings. The fourth-order valence-electron chi connectivity index (χ4n) is 0.535. The summed E-state index contributed by atoms with van der Waals surface area (Å²) in [4.78, 5) is 10.4. The molecule has 0 radical (unpaired) electrons. The van der Waals surface area contributed by atoms with Crippen LogP contribution in [-0.2, 0) is 4.79 Å². The van der Waals surface area contributed by atoms with Gasteiger partial charge in [-0.1, -0.05) is 0 Å². The molecule has 0 aliphatic carbocycles. The lowest BCUT2D eigenvalue weighted by molar-refractivity contribution is -0.489. The van der Waals surface area contributed by atoms with Crippen LogP contribution in [0.1, 0.15) is 6.92 Å². The number of aliphatic hydroxyl groups excluding tert-OH is 1. The van der Waals surface area contributed by atoms with Crippen LogP contribution in [-0.4, -0.2) is 35.0 Å². The Labute approximate surface area is 58.8 Å². The highest BCUT2D eigenvalue weighted by Gasteiger charge is 2.21. The molecule has 0 aromatic carbocycles. The van der Waals surface area contributed by atoms with Crippen LogP contribution in [0.25, 0.3) is 0 Å². The number of amides is 1. The molecule has 10 heavy (non-hydrogen) atoms. The average molecular weight is 150 g/mol. The second-order valence-electron chi connectivity index (χ2n) is 2.10. The van der Waals surface area contributed by atoms with Crippen molar-refractivity contribution in [2.75, 3.05) is 6.61 Å². The van der Waals surface area contributed by atoms with Crippen molar-refractivity contribution in [3.05, 3.63) is 0 Å². The summed E-state index contributed by atoms with van der Waals surface area (Å²) in [5.74, 6) is -0.250. The lowest BCUT2D eigenvalue weighted by Crippen LogP contribution is -2.70. The molecule has 2 unspecified atom stereocenters. The summed E-state index contributed by atoms with van der Waals surface area (Å²) in [7, 11) is 0. The normalized spacial score (nSPS) is 16.0. The standard InChI is InChI=1S/C5H12N2O3/c1-3(9)7-4(2-8)5(6)10/h4-5,8,10H,2,6H2,1H3,(H,7,9)/p+2. The van der Waals surface area contributed by atoms with Crippen LogP contribution in [0.5, 0.6) is 0 Å². The van der Waals surface area contributed by atoms with Crippen molar-refractivity contribution in [2.24, 2.45) is 0 Å². The van der Waals surface area contributed by atoms with E-state index in [1.807, 2.05) is 0 Å². The first kappa shape index (κ1) is 9.35. The molecule has 5 heteroatoms. The first-order chi connectivity index (χ1) is 4.57. The van der Waals surface area contributed by atoms with Crippen LogP contribution in [0.15, 0.2) is 0 Å². The van der Waals surface area contributed by atoms with Crippen molar-refractivity contribution in [1.82, 2.24) is 5.32 Å². The Morgan fingerprint density at radius 3 is 2.50 bits per heavy atom. The Bertz CT molecular complexity index is 115. The van der Waals surface area contributed by atoms with Crippen molar-refractivity contribution in [3.63, 3.8) is 0 Å². The van der Waals surface area contributed by atoms with Crippen molar-refractivity contribution in [3.8, 4) is 0 Å². The van der Waals surface area contributed by atoms with Gasteiger partial charge in [-0.05, 0) is 0 Å². The number of rotatable bonds is 3. The van der Waals surface area contributed by atoms with Gasteiger partial charge in [0.2, 0.25) is 5.91 Å². The number of nitrogens with one attached hydrogen (secondary N) is 1. The lowest BCUT2D eigenvalue weighted by Gasteiger charge is -2.11. The van der Waals surface area contributed by atoms with E-state index in [4.69, 9.17) is 10.2 Å². The van der Waals surface area contributed by atoms with Gasteiger partial charge in [0.15, 0.2) is 6.04 Å². The second-order valence-corrected chi connectivity index (χ2v) is 2.10. The Hall–Kier alpha value is -0.650. The van der Waals surface area contributed by atoms with E-state index in [1.165, 1.54) is 6.92 Å². The second kappa shape index (κ2) is 4.21. The van der Waals surface area contributed by atoms with Gasteiger partial charge in [-0.3, -0.25) is 10.5 Å². The molecule has 0 saturated carbocycles. The summed E-state index contributed by atoms with van der Waals surface area (Å²) in [6, 6.07) is -0.544. The summed E-state index contributed by atoms with van der Waals surface area (Å²) >= 11 is 0. The number of hydrogen-bond acceptors (Lipinski definition) is 2. The zero-order valence-corrected chi connectivity index (χ0v) is 5.92. The third kappa shape index (κ3) is 3.39. The van der Waals surface area contributed by atoms with Crippen molar-refractivity contribution >= 4 is 5.91 Å². The Morgan fingerprint density at radius 1 is 1.90 bits per heavy atom. The maximum atomic E-state index is 10.4. The monoisotopic (exact) mass is 150 g/mol. The molecule has 2 atom stereocenters. The number of carbonyl (C=O) groups excluding carboxylic acids is 1. The van der Waals surface area contributed by atoms with Crippen LogP contribution < -0.4 is 11.1 Å². The maximum absolute atomic E-state index is 10.4. The number of aliphatic hydroxyl groups is 1. The number of carbonyl (C=O) groups is 1. The van der Waals surface area contributed by atoms with Gasteiger partial charge in [0.25, 0.3) is 0 Å². The van der Waals surface area contributed by atoms with Crippen LogP contribution in [0.3, 0.4) is 0 Å². The van der Waals surface area contributed by atoms with Gasteiger partial charge < -0.3 is 15.5 Å². The molecule has 60 valence electrons. The zero-order valence-electron chi connectivity index (χ0n) is 5.92. The summed E-state index contributed by atoms with van der Waals surface area (Å²) in [6.07, 6.45) is -0.714. The molecule has 0 bridgehead atoms. The first-order valence-corrected chi connectivity index (χ1v) is 3.00. The minimum Gasteiger partial charge on any atom is -0.397 e. The van der Waals surface area contributed by atoms with Crippen LogP contribution in [0.4, 0.5) is 0 Å². The van der Waals surface area contributed by atoms with Gasteiger partial charge in [-0.25, -0.2) is 0 Å².